The molecule has 1 aromatic heterocycles. The van der Waals surface area contributed by atoms with Crippen LogP contribution in [0.15, 0.2) is 12.3 Å². The molecular formula is C11H15N3O5S. The van der Waals surface area contributed by atoms with Gasteiger partial charge in [0.2, 0.25) is 0 Å². The van der Waals surface area contributed by atoms with E-state index in [0.717, 1.165) is 12.3 Å². The number of aliphatic hydroxyl groups is 1. The number of nitrogens with zero attached hydrogens (tertiary/aromatic N) is 2. The summed E-state index contributed by atoms with van der Waals surface area (Å²) in [4.78, 5) is 24.7. The van der Waals surface area contributed by atoms with Crippen molar-refractivity contribution >= 4 is 29.2 Å². The van der Waals surface area contributed by atoms with Crippen LogP contribution in [0.25, 0.3) is 0 Å². The van der Waals surface area contributed by atoms with Gasteiger partial charge in [0, 0.05) is 18.4 Å². The van der Waals surface area contributed by atoms with Crippen molar-refractivity contribution in [1.82, 2.24) is 4.98 Å². The Morgan fingerprint density at radius 1 is 1.65 bits per heavy atom. The maximum absolute atomic E-state index is 11.1. The van der Waals surface area contributed by atoms with E-state index in [0.29, 0.717) is 5.75 Å². The molecule has 0 aliphatic carbocycles. The Hall–Kier alpha value is -1.87. The van der Waals surface area contributed by atoms with E-state index in [4.69, 9.17) is 5.11 Å². The van der Waals surface area contributed by atoms with E-state index in [2.05, 4.69) is 10.3 Å². The number of rotatable bonds is 7. The molecule has 9 heteroatoms. The summed E-state index contributed by atoms with van der Waals surface area (Å²) in [5.74, 6) is -0.882. The van der Waals surface area contributed by atoms with Gasteiger partial charge in [-0.1, -0.05) is 0 Å². The summed E-state index contributed by atoms with van der Waals surface area (Å²) in [5.41, 5.74) is -1.75. The summed E-state index contributed by atoms with van der Waals surface area (Å²) in [6.45, 7) is 1.68. The van der Waals surface area contributed by atoms with Gasteiger partial charge < -0.3 is 15.5 Å². The Kier molecular flexibility index (Phi) is 5.28. The van der Waals surface area contributed by atoms with Crippen molar-refractivity contribution in [3.8, 4) is 0 Å². The van der Waals surface area contributed by atoms with Crippen LogP contribution in [0.1, 0.15) is 17.3 Å². The van der Waals surface area contributed by atoms with Crippen molar-refractivity contribution in [1.29, 1.82) is 0 Å². The van der Waals surface area contributed by atoms with E-state index in [1.807, 2.05) is 6.26 Å². The summed E-state index contributed by atoms with van der Waals surface area (Å²) in [5, 5.41) is 32.3. The molecule has 8 nitrogen and oxygen atoms in total. The lowest BCUT2D eigenvalue weighted by Crippen LogP contribution is -2.36. The van der Waals surface area contributed by atoms with Gasteiger partial charge in [-0.2, -0.15) is 11.8 Å². The predicted octanol–water partition coefficient (Wildman–Crippen LogP) is 1.21. The van der Waals surface area contributed by atoms with Gasteiger partial charge in [0.05, 0.1) is 10.5 Å². The molecule has 0 saturated heterocycles. The van der Waals surface area contributed by atoms with E-state index in [1.54, 1.807) is 6.92 Å². The molecule has 3 N–H and O–H groups in total. The predicted molar refractivity (Wildman–Crippen MR) is 75.3 cm³/mol. The van der Waals surface area contributed by atoms with Crippen molar-refractivity contribution in [3.05, 3.63) is 27.9 Å². The Labute approximate surface area is 119 Å². The average Bonchev–Trinajstić information content (AvgIpc) is 2.36. The van der Waals surface area contributed by atoms with E-state index in [9.17, 15) is 20.0 Å². The van der Waals surface area contributed by atoms with Crippen LogP contribution in [0.5, 0.6) is 0 Å². The molecule has 1 heterocycles. The summed E-state index contributed by atoms with van der Waals surface area (Å²) in [7, 11) is 0. The minimum absolute atomic E-state index is 0.00974. The molecule has 0 fully saturated rings. The standard InChI is InChI=1S/C11H15N3O5S/c1-11(17,6-20-2)5-13-9-8(10(15)16)3-7(4-12-9)14(18)19/h3-4,17H,5-6H2,1-2H3,(H,12,13)(H,15,16). The molecule has 0 saturated carbocycles. The Balaban J connectivity index is 2.95. The summed E-state index contributed by atoms with van der Waals surface area (Å²) in [6, 6.07) is 0.931. The second kappa shape index (κ2) is 6.53. The zero-order valence-corrected chi connectivity index (χ0v) is 11.8. The Morgan fingerprint density at radius 2 is 2.30 bits per heavy atom. The van der Waals surface area contributed by atoms with Crippen molar-refractivity contribution in [2.24, 2.45) is 0 Å². The van der Waals surface area contributed by atoms with Gasteiger partial charge in [-0.05, 0) is 13.2 Å². The first-order valence-corrected chi connectivity index (χ1v) is 6.99. The Bertz CT molecular complexity index is 521. The first-order chi connectivity index (χ1) is 9.26. The van der Waals surface area contributed by atoms with Crippen molar-refractivity contribution in [2.45, 2.75) is 12.5 Å². The maximum atomic E-state index is 11.1. The molecule has 0 radical (unpaired) electrons. The van der Waals surface area contributed by atoms with Gasteiger partial charge in [0.1, 0.15) is 17.6 Å². The minimum Gasteiger partial charge on any atom is -0.478 e. The fourth-order valence-electron chi connectivity index (χ4n) is 1.49. The van der Waals surface area contributed by atoms with E-state index in [-0.39, 0.29) is 17.9 Å². The number of nitro groups is 1. The molecule has 0 spiro atoms. The third kappa shape index (κ3) is 4.35. The largest absolute Gasteiger partial charge is 0.478 e. The summed E-state index contributed by atoms with van der Waals surface area (Å²) in [6.07, 6.45) is 2.80. The zero-order valence-electron chi connectivity index (χ0n) is 11.0. The normalized spacial score (nSPS) is 13.6. The van der Waals surface area contributed by atoms with Gasteiger partial charge in [-0.25, -0.2) is 9.78 Å². The SMILES string of the molecule is CSCC(C)(O)CNc1ncc([N+](=O)[O-])cc1C(=O)O. The number of aromatic nitrogens is 1. The number of hydrogen-bond donors (Lipinski definition) is 3. The lowest BCUT2D eigenvalue weighted by Gasteiger charge is -2.23. The first-order valence-electron chi connectivity index (χ1n) is 5.60. The van der Waals surface area contributed by atoms with Crippen LogP contribution < -0.4 is 5.32 Å². The third-order valence-electron chi connectivity index (χ3n) is 2.41. The molecule has 0 aliphatic rings. The number of carboxylic acids is 1. The number of anilines is 1. The molecular weight excluding hydrogens is 286 g/mol. The van der Waals surface area contributed by atoms with Crippen LogP contribution in [-0.4, -0.2) is 50.2 Å². The van der Waals surface area contributed by atoms with Crippen LogP contribution in [0, 0.1) is 10.1 Å². The molecule has 0 amide bonds. The van der Waals surface area contributed by atoms with E-state index in [1.165, 1.54) is 11.8 Å². The Morgan fingerprint density at radius 3 is 2.80 bits per heavy atom. The molecule has 1 atom stereocenters. The lowest BCUT2D eigenvalue weighted by atomic mass is 10.1. The van der Waals surface area contributed by atoms with E-state index >= 15 is 0 Å². The summed E-state index contributed by atoms with van der Waals surface area (Å²) < 4.78 is 0. The number of thioether (sulfide) groups is 1. The highest BCUT2D eigenvalue weighted by atomic mass is 32.2. The van der Waals surface area contributed by atoms with Gasteiger partial charge >= 0.3 is 5.97 Å². The van der Waals surface area contributed by atoms with Gasteiger partial charge in [-0.3, -0.25) is 10.1 Å². The van der Waals surface area contributed by atoms with Gasteiger partial charge in [0.15, 0.2) is 0 Å². The molecule has 20 heavy (non-hydrogen) atoms. The second-order valence-corrected chi connectivity index (χ2v) is 5.30. The van der Waals surface area contributed by atoms with Gasteiger partial charge in [0.25, 0.3) is 5.69 Å². The van der Waals surface area contributed by atoms with Crippen LogP contribution in [0.4, 0.5) is 11.5 Å². The highest BCUT2D eigenvalue weighted by Crippen LogP contribution is 2.20. The topological polar surface area (TPSA) is 126 Å². The summed E-state index contributed by atoms with van der Waals surface area (Å²) >= 11 is 1.44. The molecule has 0 aromatic carbocycles. The van der Waals surface area contributed by atoms with Crippen LogP contribution in [0.2, 0.25) is 0 Å². The monoisotopic (exact) mass is 301 g/mol. The minimum atomic E-state index is -1.33. The van der Waals surface area contributed by atoms with Crippen LogP contribution in [-0.2, 0) is 0 Å². The molecule has 110 valence electrons. The number of carbonyl (C=O) groups is 1. The number of pyridine rings is 1. The van der Waals surface area contributed by atoms with E-state index < -0.39 is 22.2 Å². The highest BCUT2D eigenvalue weighted by molar-refractivity contribution is 7.98. The van der Waals surface area contributed by atoms with Crippen molar-refractivity contribution in [2.75, 3.05) is 23.9 Å². The number of nitrogens with one attached hydrogen (secondary N) is 1. The molecule has 1 unspecified atom stereocenters. The smallest absolute Gasteiger partial charge is 0.339 e. The van der Waals surface area contributed by atoms with Crippen LogP contribution in [0.3, 0.4) is 0 Å². The second-order valence-electron chi connectivity index (χ2n) is 4.44. The van der Waals surface area contributed by atoms with Crippen LogP contribution >= 0.6 is 11.8 Å². The van der Waals surface area contributed by atoms with Crippen molar-refractivity contribution in [3.63, 3.8) is 0 Å². The zero-order chi connectivity index (χ0) is 15.3. The molecule has 0 bridgehead atoms. The fourth-order valence-corrected chi connectivity index (χ4v) is 2.22. The average molecular weight is 301 g/mol. The number of carboxylic acid groups (broad SMARTS) is 1. The first kappa shape index (κ1) is 16.2. The van der Waals surface area contributed by atoms with Crippen molar-refractivity contribution < 1.29 is 19.9 Å². The molecule has 0 aliphatic heterocycles. The highest BCUT2D eigenvalue weighted by Gasteiger charge is 2.22. The number of aromatic carboxylic acids is 1. The van der Waals surface area contributed by atoms with Gasteiger partial charge in [-0.15, -0.1) is 0 Å². The fraction of sp³-hybridized carbons (Fsp3) is 0.455. The number of hydrogen-bond acceptors (Lipinski definition) is 7. The maximum Gasteiger partial charge on any atom is 0.339 e. The molecule has 1 aromatic rings. The quantitative estimate of drug-likeness (QED) is 0.507. The lowest BCUT2D eigenvalue weighted by molar-refractivity contribution is -0.385. The third-order valence-corrected chi connectivity index (χ3v) is 3.32. The molecule has 1 rings (SSSR count).